The van der Waals surface area contributed by atoms with Crippen LogP contribution in [0.25, 0.3) is 131 Å². The minimum absolute atomic E-state index is 0.879. The molecular formula is C65H41N3S. The molecule has 0 saturated carbocycles. The van der Waals surface area contributed by atoms with Crippen molar-refractivity contribution in [1.29, 1.82) is 0 Å². The second kappa shape index (κ2) is 15.9. The van der Waals surface area contributed by atoms with Gasteiger partial charge in [-0.05, 0) is 111 Å². The van der Waals surface area contributed by atoms with Gasteiger partial charge in [-0.25, -0.2) is 4.98 Å². The molecule has 0 atom stereocenters. The quantitative estimate of drug-likeness (QED) is 0.156. The van der Waals surface area contributed by atoms with Gasteiger partial charge in [-0.3, -0.25) is 4.57 Å². The molecule has 0 spiro atoms. The van der Waals surface area contributed by atoms with Crippen molar-refractivity contribution < 1.29 is 0 Å². The topological polar surface area (TPSA) is 22.8 Å². The molecule has 69 heavy (non-hydrogen) atoms. The molecule has 0 aliphatic rings. The number of aromatic nitrogens is 3. The van der Waals surface area contributed by atoms with Gasteiger partial charge in [0.25, 0.3) is 0 Å². The Morgan fingerprint density at radius 1 is 0.290 bits per heavy atom. The largest absolute Gasteiger partial charge is 0.309 e. The van der Waals surface area contributed by atoms with E-state index in [-0.39, 0.29) is 0 Å². The van der Waals surface area contributed by atoms with E-state index >= 15 is 0 Å². The lowest BCUT2D eigenvalue weighted by Crippen LogP contribution is -1.99. The Balaban J connectivity index is 0.930. The van der Waals surface area contributed by atoms with E-state index in [2.05, 4.69) is 258 Å². The van der Waals surface area contributed by atoms with Gasteiger partial charge >= 0.3 is 0 Å². The first-order valence-electron chi connectivity index (χ1n) is 23.5. The van der Waals surface area contributed by atoms with E-state index in [4.69, 9.17) is 4.98 Å². The molecule has 3 nitrogen and oxygen atoms in total. The normalized spacial score (nSPS) is 11.8. The van der Waals surface area contributed by atoms with Crippen molar-refractivity contribution in [2.45, 2.75) is 0 Å². The van der Waals surface area contributed by atoms with Crippen molar-refractivity contribution in [2.75, 3.05) is 0 Å². The average Bonchev–Trinajstić information content (AvgIpc) is 4.08. The molecule has 0 saturated heterocycles. The molecule has 4 heterocycles. The zero-order valence-corrected chi connectivity index (χ0v) is 38.2. The van der Waals surface area contributed by atoms with Gasteiger partial charge in [0.05, 0.1) is 27.8 Å². The molecule has 14 aromatic rings. The van der Waals surface area contributed by atoms with Gasteiger partial charge in [-0.15, -0.1) is 11.3 Å². The monoisotopic (exact) mass is 895 g/mol. The number of fused-ring (bicyclic) bond motifs is 9. The SMILES string of the molecule is c1ccc(-c2ccc(-c3cccc(-c4cccc(-n5c6ccc(-c7ccc8c9ccccc9n(-c9ccccc9)c8c7)cc6c6ccc(-c7cccc8c7sc7ccccc78)cc65)n4)c3)cc2)cc1. The van der Waals surface area contributed by atoms with Crippen LogP contribution in [0, 0.1) is 0 Å². The maximum atomic E-state index is 5.49. The second-order valence-electron chi connectivity index (χ2n) is 17.9. The van der Waals surface area contributed by atoms with Crippen molar-refractivity contribution in [3.63, 3.8) is 0 Å². The standard InChI is InChI=1S/C65H41N3S/c1-3-14-42(15-4-1)43-28-30-44(31-29-43)45-16-11-17-49(38-45)58-24-13-27-64(66-58)68-60-37-34-46(47-32-35-53-52-20-7-9-25-59(52)67(61(53)40-47)50-18-5-2-6-19-50)39-57(60)54-36-33-48(41-62(54)68)51-22-12-23-56-55-21-8-10-26-63(55)69-65(51)56/h1-41H. The first-order chi connectivity index (χ1) is 34.2. The number of thiophene rings is 1. The molecule has 14 rings (SSSR count). The van der Waals surface area contributed by atoms with E-state index in [9.17, 15) is 0 Å². The minimum Gasteiger partial charge on any atom is -0.309 e. The summed E-state index contributed by atoms with van der Waals surface area (Å²) in [5.74, 6) is 0.879. The Hall–Kier alpha value is -8.83. The van der Waals surface area contributed by atoms with Crippen molar-refractivity contribution in [3.8, 4) is 67.3 Å². The van der Waals surface area contributed by atoms with Gasteiger partial charge in [0.1, 0.15) is 5.82 Å². The summed E-state index contributed by atoms with van der Waals surface area (Å²) in [6, 6.07) is 90.4. The van der Waals surface area contributed by atoms with Crippen molar-refractivity contribution >= 4 is 75.1 Å². The number of nitrogens with zero attached hydrogens (tertiary/aromatic N) is 3. The molecular weight excluding hydrogens is 855 g/mol. The smallest absolute Gasteiger partial charge is 0.138 e. The third-order valence-corrected chi connectivity index (χ3v) is 15.2. The molecule has 4 heteroatoms. The third kappa shape index (κ3) is 6.52. The summed E-state index contributed by atoms with van der Waals surface area (Å²) in [4.78, 5) is 5.49. The number of hydrogen-bond donors (Lipinski definition) is 0. The van der Waals surface area contributed by atoms with Crippen LogP contribution in [0.3, 0.4) is 0 Å². The Morgan fingerprint density at radius 3 is 1.68 bits per heavy atom. The van der Waals surface area contributed by atoms with Crippen LogP contribution < -0.4 is 0 Å². The number of hydrogen-bond acceptors (Lipinski definition) is 2. The van der Waals surface area contributed by atoms with E-state index in [1.165, 1.54) is 91.7 Å². The number of benzene rings is 10. The third-order valence-electron chi connectivity index (χ3n) is 14.0. The second-order valence-corrected chi connectivity index (χ2v) is 19.0. The molecule has 0 aliphatic carbocycles. The maximum Gasteiger partial charge on any atom is 0.138 e. The van der Waals surface area contributed by atoms with Crippen LogP contribution in [0.2, 0.25) is 0 Å². The van der Waals surface area contributed by atoms with Crippen LogP contribution in [-0.2, 0) is 0 Å². The van der Waals surface area contributed by atoms with Crippen molar-refractivity contribution in [1.82, 2.24) is 14.1 Å². The highest BCUT2D eigenvalue weighted by Crippen LogP contribution is 2.43. The van der Waals surface area contributed by atoms with Gasteiger partial charge in [0.15, 0.2) is 0 Å². The van der Waals surface area contributed by atoms with Gasteiger partial charge in [0, 0.05) is 53.0 Å². The van der Waals surface area contributed by atoms with Crippen LogP contribution in [0.1, 0.15) is 0 Å². The van der Waals surface area contributed by atoms with Crippen molar-refractivity contribution in [2.24, 2.45) is 0 Å². The molecule has 10 aromatic carbocycles. The van der Waals surface area contributed by atoms with E-state index in [0.29, 0.717) is 0 Å². The molecule has 0 bridgehead atoms. The van der Waals surface area contributed by atoms with Crippen LogP contribution in [-0.4, -0.2) is 14.1 Å². The Bertz CT molecular complexity index is 4290. The highest BCUT2D eigenvalue weighted by Gasteiger charge is 2.19. The van der Waals surface area contributed by atoms with E-state index in [1.807, 2.05) is 11.3 Å². The summed E-state index contributed by atoms with van der Waals surface area (Å²) < 4.78 is 7.38. The van der Waals surface area contributed by atoms with Gasteiger partial charge in [-0.2, -0.15) is 0 Å². The highest BCUT2D eigenvalue weighted by atomic mass is 32.1. The Kier molecular flexibility index (Phi) is 9.07. The van der Waals surface area contributed by atoms with Crippen LogP contribution in [0.5, 0.6) is 0 Å². The summed E-state index contributed by atoms with van der Waals surface area (Å²) in [5.41, 5.74) is 17.3. The predicted octanol–water partition coefficient (Wildman–Crippen LogP) is 18.0. The molecule has 4 aromatic heterocycles. The summed E-state index contributed by atoms with van der Waals surface area (Å²) >= 11 is 1.87. The van der Waals surface area contributed by atoms with E-state index in [0.717, 1.165) is 39.4 Å². The lowest BCUT2D eigenvalue weighted by molar-refractivity contribution is 1.08. The molecule has 0 aliphatic heterocycles. The number of pyridine rings is 1. The number of rotatable bonds is 7. The van der Waals surface area contributed by atoms with Gasteiger partial charge < -0.3 is 4.57 Å². The lowest BCUT2D eigenvalue weighted by atomic mass is 9.98. The maximum absolute atomic E-state index is 5.49. The zero-order chi connectivity index (χ0) is 45.4. The summed E-state index contributed by atoms with van der Waals surface area (Å²) in [6.07, 6.45) is 0. The Labute approximate surface area is 403 Å². The van der Waals surface area contributed by atoms with Crippen LogP contribution in [0.15, 0.2) is 249 Å². The summed E-state index contributed by atoms with van der Waals surface area (Å²) in [5, 5.41) is 7.47. The molecule has 322 valence electrons. The zero-order valence-electron chi connectivity index (χ0n) is 37.4. The predicted molar refractivity (Wildman–Crippen MR) is 293 cm³/mol. The minimum atomic E-state index is 0.879. The van der Waals surface area contributed by atoms with Crippen LogP contribution >= 0.6 is 11.3 Å². The van der Waals surface area contributed by atoms with E-state index in [1.54, 1.807) is 0 Å². The first-order valence-corrected chi connectivity index (χ1v) is 24.3. The Morgan fingerprint density at radius 2 is 0.826 bits per heavy atom. The molecule has 0 radical (unpaired) electrons. The van der Waals surface area contributed by atoms with Gasteiger partial charge in [0.2, 0.25) is 0 Å². The first kappa shape index (κ1) is 39.3. The average molecular weight is 896 g/mol. The molecule has 0 amide bonds. The van der Waals surface area contributed by atoms with Gasteiger partial charge in [-0.1, -0.05) is 182 Å². The summed E-state index contributed by atoms with van der Waals surface area (Å²) in [7, 11) is 0. The molecule has 0 unspecified atom stereocenters. The highest BCUT2D eigenvalue weighted by molar-refractivity contribution is 7.26. The molecule has 0 N–H and O–H groups in total. The van der Waals surface area contributed by atoms with Crippen molar-refractivity contribution in [3.05, 3.63) is 249 Å². The summed E-state index contributed by atoms with van der Waals surface area (Å²) in [6.45, 7) is 0. The fraction of sp³-hybridized carbons (Fsp3) is 0. The fourth-order valence-corrected chi connectivity index (χ4v) is 11.9. The molecule has 0 fully saturated rings. The van der Waals surface area contributed by atoms with Crippen LogP contribution in [0.4, 0.5) is 0 Å². The van der Waals surface area contributed by atoms with E-state index < -0.39 is 0 Å². The lowest BCUT2D eigenvalue weighted by Gasteiger charge is -2.12. The fourth-order valence-electron chi connectivity index (χ4n) is 10.6. The number of para-hydroxylation sites is 2.